The Kier molecular flexibility index (Phi) is 6.88. The quantitative estimate of drug-likeness (QED) is 0.330. The van der Waals surface area contributed by atoms with Crippen LogP contribution in [0.3, 0.4) is 0 Å². The Balaban J connectivity index is 1.70. The number of benzene rings is 3. The first-order chi connectivity index (χ1) is 16.2. The summed E-state index contributed by atoms with van der Waals surface area (Å²) in [7, 11) is 0. The number of ether oxygens (including phenoxy) is 1. The third-order valence-electron chi connectivity index (χ3n) is 4.82. The summed E-state index contributed by atoms with van der Waals surface area (Å²) in [5, 5.41) is 3.07. The molecule has 6 nitrogen and oxygen atoms in total. The van der Waals surface area contributed by atoms with E-state index < -0.39 is 23.7 Å². The van der Waals surface area contributed by atoms with Crippen LogP contribution in [-0.2, 0) is 16.2 Å². The monoisotopic (exact) mass is 518 g/mol. The molecule has 0 radical (unpaired) electrons. The number of hydrogen-bond donors (Lipinski definition) is 1. The fourth-order valence-corrected chi connectivity index (χ4v) is 3.90. The Labute approximate surface area is 208 Å². The lowest BCUT2D eigenvalue weighted by Crippen LogP contribution is -2.54. The van der Waals surface area contributed by atoms with Gasteiger partial charge in [0.05, 0.1) is 10.7 Å². The van der Waals surface area contributed by atoms with Gasteiger partial charge in [0, 0.05) is 15.6 Å². The third-order valence-corrected chi connectivity index (χ3v) is 5.57. The molecule has 1 heterocycles. The average Bonchev–Trinajstić information content (AvgIpc) is 2.78. The highest BCUT2D eigenvalue weighted by molar-refractivity contribution is 6.40. The summed E-state index contributed by atoms with van der Waals surface area (Å²) < 4.78 is 19.2. The topological polar surface area (TPSA) is 75.7 Å². The van der Waals surface area contributed by atoms with E-state index in [0.29, 0.717) is 5.02 Å². The molecule has 0 aromatic heterocycles. The zero-order valence-electron chi connectivity index (χ0n) is 17.2. The predicted molar refractivity (Wildman–Crippen MR) is 128 cm³/mol. The summed E-state index contributed by atoms with van der Waals surface area (Å²) >= 11 is 18.4. The van der Waals surface area contributed by atoms with Crippen LogP contribution in [0.15, 0.2) is 66.2 Å². The average molecular weight is 520 g/mol. The van der Waals surface area contributed by atoms with E-state index in [4.69, 9.17) is 39.5 Å². The van der Waals surface area contributed by atoms with Gasteiger partial charge in [0.2, 0.25) is 0 Å². The number of barbiturate groups is 1. The van der Waals surface area contributed by atoms with E-state index in [9.17, 15) is 18.8 Å². The van der Waals surface area contributed by atoms with Crippen molar-refractivity contribution in [1.29, 1.82) is 0 Å². The molecule has 34 heavy (non-hydrogen) atoms. The minimum absolute atomic E-state index is 0.0886. The summed E-state index contributed by atoms with van der Waals surface area (Å²) in [6, 6.07) is 13.6. The van der Waals surface area contributed by atoms with Crippen LogP contribution in [0.2, 0.25) is 15.1 Å². The van der Waals surface area contributed by atoms with Crippen molar-refractivity contribution in [2.75, 3.05) is 4.90 Å². The highest BCUT2D eigenvalue weighted by Gasteiger charge is 2.37. The number of anilines is 1. The number of carbonyl (C=O) groups is 3. The van der Waals surface area contributed by atoms with Crippen LogP contribution in [0, 0.1) is 5.82 Å². The lowest BCUT2D eigenvalue weighted by Gasteiger charge is -2.26. The molecular weight excluding hydrogens is 506 g/mol. The van der Waals surface area contributed by atoms with Crippen LogP contribution in [0.5, 0.6) is 5.75 Å². The smallest absolute Gasteiger partial charge is 0.335 e. The van der Waals surface area contributed by atoms with Crippen molar-refractivity contribution in [1.82, 2.24) is 5.32 Å². The molecule has 172 valence electrons. The highest BCUT2D eigenvalue weighted by atomic mass is 35.5. The van der Waals surface area contributed by atoms with Gasteiger partial charge in [-0.15, -0.1) is 0 Å². The standard InChI is InChI=1S/C24H14Cl3FN2O4/c25-15-3-1-13(2-4-15)12-34-21-14(9-16(26)11-20(21)27)10-19-22(31)29-24(33)30(23(19)32)18-7-5-17(28)6-8-18/h1-11H,12H2,(H,29,31,33)/b19-10+. The Hall–Kier alpha value is -3.39. The number of halogens is 4. The van der Waals surface area contributed by atoms with Crippen molar-refractivity contribution >= 4 is 64.4 Å². The number of hydrogen-bond acceptors (Lipinski definition) is 4. The first-order valence-electron chi connectivity index (χ1n) is 9.76. The molecule has 1 aliphatic heterocycles. The normalized spacial score (nSPS) is 15.0. The van der Waals surface area contributed by atoms with Crippen LogP contribution in [0.1, 0.15) is 11.1 Å². The molecule has 1 fully saturated rings. The van der Waals surface area contributed by atoms with Crippen LogP contribution < -0.4 is 15.0 Å². The number of nitrogens with zero attached hydrogens (tertiary/aromatic N) is 1. The van der Waals surface area contributed by atoms with Gasteiger partial charge in [-0.05, 0) is 60.2 Å². The molecule has 10 heteroatoms. The molecule has 0 unspecified atom stereocenters. The SMILES string of the molecule is O=C1NC(=O)N(c2ccc(F)cc2)C(=O)/C1=C/c1cc(Cl)cc(Cl)c1OCc1ccc(Cl)cc1. The van der Waals surface area contributed by atoms with Crippen LogP contribution in [-0.4, -0.2) is 17.8 Å². The largest absolute Gasteiger partial charge is 0.487 e. The predicted octanol–water partition coefficient (Wildman–Crippen LogP) is 6.03. The van der Waals surface area contributed by atoms with Crippen LogP contribution in [0.4, 0.5) is 14.9 Å². The van der Waals surface area contributed by atoms with Crippen molar-refractivity contribution in [2.24, 2.45) is 0 Å². The van der Waals surface area contributed by atoms with Gasteiger partial charge in [0.15, 0.2) is 0 Å². The molecule has 1 saturated heterocycles. The summed E-state index contributed by atoms with van der Waals surface area (Å²) in [4.78, 5) is 38.7. The fourth-order valence-electron chi connectivity index (χ4n) is 3.21. The van der Waals surface area contributed by atoms with Crippen molar-refractivity contribution in [3.8, 4) is 5.75 Å². The van der Waals surface area contributed by atoms with Crippen LogP contribution >= 0.6 is 34.8 Å². The van der Waals surface area contributed by atoms with E-state index in [1.54, 1.807) is 24.3 Å². The van der Waals surface area contributed by atoms with Crippen LogP contribution in [0.25, 0.3) is 6.08 Å². The van der Waals surface area contributed by atoms with Gasteiger partial charge in [0.1, 0.15) is 23.7 Å². The van der Waals surface area contributed by atoms with E-state index in [0.717, 1.165) is 22.6 Å². The Morgan fingerprint density at radius 1 is 0.912 bits per heavy atom. The molecule has 0 saturated carbocycles. The molecule has 0 spiro atoms. The zero-order chi connectivity index (χ0) is 24.4. The number of imide groups is 2. The van der Waals surface area contributed by atoms with E-state index in [2.05, 4.69) is 5.32 Å². The number of urea groups is 1. The van der Waals surface area contributed by atoms with Crippen molar-refractivity contribution in [3.63, 3.8) is 0 Å². The van der Waals surface area contributed by atoms with E-state index in [-0.39, 0.29) is 39.2 Å². The molecule has 0 bridgehead atoms. The maximum atomic E-state index is 13.3. The lowest BCUT2D eigenvalue weighted by molar-refractivity contribution is -0.122. The van der Waals surface area contributed by atoms with Crippen molar-refractivity contribution in [3.05, 3.63) is 98.2 Å². The second kappa shape index (κ2) is 9.85. The van der Waals surface area contributed by atoms with Gasteiger partial charge in [0.25, 0.3) is 11.8 Å². The van der Waals surface area contributed by atoms with Crippen molar-refractivity contribution < 1.29 is 23.5 Å². The van der Waals surface area contributed by atoms with Gasteiger partial charge < -0.3 is 4.74 Å². The minimum atomic E-state index is -0.956. The Bertz CT molecular complexity index is 1330. The fraction of sp³-hybridized carbons (Fsp3) is 0.0417. The minimum Gasteiger partial charge on any atom is -0.487 e. The maximum absolute atomic E-state index is 13.3. The number of rotatable bonds is 5. The number of carbonyl (C=O) groups excluding carboxylic acids is 3. The van der Waals surface area contributed by atoms with E-state index in [1.165, 1.54) is 30.3 Å². The number of amides is 4. The molecule has 3 aromatic rings. The summed E-state index contributed by atoms with van der Waals surface area (Å²) in [5.74, 6) is -2.18. The molecule has 1 aliphatic rings. The van der Waals surface area contributed by atoms with E-state index in [1.807, 2.05) is 0 Å². The second-order valence-electron chi connectivity index (χ2n) is 7.16. The summed E-state index contributed by atoms with van der Waals surface area (Å²) in [6.07, 6.45) is 1.23. The first kappa shape index (κ1) is 23.8. The molecule has 0 atom stereocenters. The van der Waals surface area contributed by atoms with Gasteiger partial charge in [-0.25, -0.2) is 14.1 Å². The van der Waals surface area contributed by atoms with E-state index >= 15 is 0 Å². The highest BCUT2D eigenvalue weighted by Crippen LogP contribution is 2.35. The molecule has 4 amide bonds. The lowest BCUT2D eigenvalue weighted by atomic mass is 10.1. The molecule has 3 aromatic carbocycles. The first-order valence-corrected chi connectivity index (χ1v) is 10.9. The zero-order valence-corrected chi connectivity index (χ0v) is 19.4. The molecular formula is C24H14Cl3FN2O4. The second-order valence-corrected chi connectivity index (χ2v) is 8.44. The molecule has 1 N–H and O–H groups in total. The van der Waals surface area contributed by atoms with Crippen molar-refractivity contribution in [2.45, 2.75) is 6.61 Å². The molecule has 4 rings (SSSR count). The summed E-state index contributed by atoms with van der Waals surface area (Å²) in [5.41, 5.74) is 0.774. The Morgan fingerprint density at radius 2 is 1.59 bits per heavy atom. The maximum Gasteiger partial charge on any atom is 0.335 e. The molecule has 0 aliphatic carbocycles. The van der Waals surface area contributed by atoms with Gasteiger partial charge in [-0.1, -0.05) is 46.9 Å². The number of nitrogens with one attached hydrogen (secondary N) is 1. The van der Waals surface area contributed by atoms with Gasteiger partial charge >= 0.3 is 6.03 Å². The van der Waals surface area contributed by atoms with Gasteiger partial charge in [-0.2, -0.15) is 0 Å². The Morgan fingerprint density at radius 3 is 2.26 bits per heavy atom. The summed E-state index contributed by atoms with van der Waals surface area (Å²) in [6.45, 7) is 0.120. The third kappa shape index (κ3) is 5.07. The van der Waals surface area contributed by atoms with Gasteiger partial charge in [-0.3, -0.25) is 14.9 Å².